The number of hydrogen-bond donors (Lipinski definition) is 3. The van der Waals surface area contributed by atoms with Crippen LogP contribution in [-0.4, -0.2) is 117 Å². The van der Waals surface area contributed by atoms with E-state index in [1.807, 2.05) is 22.5 Å². The van der Waals surface area contributed by atoms with Gasteiger partial charge < -0.3 is 24.4 Å². The molecule has 6 rings (SSSR count). The number of amides is 4. The molecule has 2 fully saturated rings. The van der Waals surface area contributed by atoms with Crippen molar-refractivity contribution in [2.24, 2.45) is 10.9 Å². The van der Waals surface area contributed by atoms with Gasteiger partial charge in [-0.1, -0.05) is 6.92 Å². The fourth-order valence-electron chi connectivity index (χ4n) is 6.93. The van der Waals surface area contributed by atoms with E-state index in [-0.39, 0.29) is 76.8 Å². The number of alkyl carbamates (subject to hydrolysis) is 2. The van der Waals surface area contributed by atoms with E-state index in [1.165, 1.54) is 4.90 Å². The zero-order chi connectivity index (χ0) is 47.1. The van der Waals surface area contributed by atoms with Crippen molar-refractivity contribution in [3.63, 3.8) is 0 Å². The molecule has 0 aromatic heterocycles. The molecule has 0 bridgehead atoms. The SMILES string of the molecule is C[C@H]1C(CN2CC[C@H](NC(=O)CN=C(NC(=O)OC(=O)c3ccc([N+](=O)[O-])cc3)NC(=O)OC(=O)c3ccc([N+](=O)[O-])cc3)C2)=C(C(=O)OC(=O)c2ccc([N+](=O)[O-])cc2)N2C(=O)C[C@@H]12. The van der Waals surface area contributed by atoms with Crippen molar-refractivity contribution >= 4 is 70.9 Å². The lowest BCUT2D eigenvalue weighted by Gasteiger charge is -2.37. The number of esters is 4. The van der Waals surface area contributed by atoms with Gasteiger partial charge in [0.1, 0.15) is 12.2 Å². The summed E-state index contributed by atoms with van der Waals surface area (Å²) in [6, 6.07) is 11.5. The number of hydrogen-bond acceptors (Lipinski definition) is 19. The number of nitrogens with zero attached hydrogens (tertiary/aromatic N) is 6. The molecule has 0 aliphatic carbocycles. The number of β-lactam (4-membered cyclic amide) rings is 1. The zero-order valence-electron chi connectivity index (χ0n) is 33.5. The van der Waals surface area contributed by atoms with E-state index < -0.39 is 75.3 Å². The molecule has 3 atom stereocenters. The predicted octanol–water partition coefficient (Wildman–Crippen LogP) is 2.28. The van der Waals surface area contributed by atoms with Crippen LogP contribution in [0.15, 0.2) is 89.1 Å². The normalized spacial score (nSPS) is 17.4. The van der Waals surface area contributed by atoms with Crippen LogP contribution in [-0.2, 0) is 28.6 Å². The summed E-state index contributed by atoms with van der Waals surface area (Å²) in [6.07, 6.45) is -2.56. The number of guanidine groups is 1. The Hall–Kier alpha value is -8.81. The molecule has 26 heteroatoms. The molecule has 3 aromatic rings. The van der Waals surface area contributed by atoms with Gasteiger partial charge in [0.05, 0.1) is 37.5 Å². The van der Waals surface area contributed by atoms with Crippen LogP contribution in [0.1, 0.15) is 50.8 Å². The summed E-state index contributed by atoms with van der Waals surface area (Å²) in [5.41, 5.74) is -1.27. The van der Waals surface area contributed by atoms with E-state index in [2.05, 4.69) is 19.8 Å². The quantitative estimate of drug-likeness (QED) is 0.0343. The van der Waals surface area contributed by atoms with Crippen LogP contribution in [0, 0.1) is 36.3 Å². The molecule has 3 aromatic carbocycles. The maximum absolute atomic E-state index is 13.4. The van der Waals surface area contributed by atoms with E-state index in [4.69, 9.17) is 4.74 Å². The van der Waals surface area contributed by atoms with E-state index >= 15 is 0 Å². The lowest BCUT2D eigenvalue weighted by atomic mass is 9.90. The summed E-state index contributed by atoms with van der Waals surface area (Å²) in [7, 11) is 0. The minimum atomic E-state index is -1.55. The number of non-ortho nitro benzene ring substituents is 3. The number of benzene rings is 3. The van der Waals surface area contributed by atoms with Crippen molar-refractivity contribution in [3.05, 3.63) is 131 Å². The van der Waals surface area contributed by atoms with Gasteiger partial charge in [0.25, 0.3) is 17.1 Å². The largest absolute Gasteiger partial charge is 0.421 e. The molecule has 3 N–H and O–H groups in total. The van der Waals surface area contributed by atoms with E-state index in [0.29, 0.717) is 18.5 Å². The van der Waals surface area contributed by atoms with Crippen molar-refractivity contribution < 1.29 is 67.3 Å². The number of nitro groups is 3. The number of aliphatic imine (C=N–C) groups is 1. The number of ether oxygens (including phenoxy) is 3. The Labute approximate surface area is 363 Å². The van der Waals surface area contributed by atoms with E-state index in [1.54, 1.807) is 0 Å². The third-order valence-electron chi connectivity index (χ3n) is 10.2. The molecule has 2 saturated heterocycles. The van der Waals surface area contributed by atoms with Crippen LogP contribution in [0.5, 0.6) is 0 Å². The smallest absolute Gasteiger partial charge is 0.385 e. The van der Waals surface area contributed by atoms with Crippen molar-refractivity contribution in [3.8, 4) is 0 Å². The Kier molecular flexibility index (Phi) is 13.7. The van der Waals surface area contributed by atoms with Crippen LogP contribution in [0.25, 0.3) is 0 Å². The van der Waals surface area contributed by atoms with Gasteiger partial charge in [0.15, 0.2) is 0 Å². The monoisotopic (exact) mass is 899 g/mol. The summed E-state index contributed by atoms with van der Waals surface area (Å²) in [5.74, 6) is -6.98. The number of nitrogens with one attached hydrogen (secondary N) is 3. The number of likely N-dealkylation sites (tertiary alicyclic amines) is 1. The first-order valence-corrected chi connectivity index (χ1v) is 19.1. The van der Waals surface area contributed by atoms with Crippen LogP contribution < -0.4 is 16.0 Å². The third kappa shape index (κ3) is 11.0. The summed E-state index contributed by atoms with van der Waals surface area (Å²) in [4.78, 5) is 140. The maximum atomic E-state index is 13.4. The zero-order valence-corrected chi connectivity index (χ0v) is 33.5. The maximum Gasteiger partial charge on any atom is 0.421 e. The Morgan fingerprint density at radius 3 is 1.57 bits per heavy atom. The topological polar surface area (TPSA) is 349 Å². The Morgan fingerprint density at radius 2 is 1.14 bits per heavy atom. The van der Waals surface area contributed by atoms with Gasteiger partial charge in [-0.15, -0.1) is 0 Å². The molecular formula is C39H33N9O17. The van der Waals surface area contributed by atoms with Crippen molar-refractivity contribution in [1.82, 2.24) is 25.8 Å². The first-order valence-electron chi connectivity index (χ1n) is 19.1. The second-order valence-corrected chi connectivity index (χ2v) is 14.3. The highest BCUT2D eigenvalue weighted by atomic mass is 16.6. The van der Waals surface area contributed by atoms with Gasteiger partial charge in [-0.05, 0) is 48.4 Å². The summed E-state index contributed by atoms with van der Waals surface area (Å²) in [5, 5.41) is 39.4. The summed E-state index contributed by atoms with van der Waals surface area (Å²) < 4.78 is 14.4. The molecule has 0 radical (unpaired) electrons. The minimum Gasteiger partial charge on any atom is -0.385 e. The lowest BCUT2D eigenvalue weighted by Crippen LogP contribution is -2.52. The first-order chi connectivity index (χ1) is 30.9. The Bertz CT molecular complexity index is 2490. The highest BCUT2D eigenvalue weighted by Gasteiger charge is 2.52. The van der Waals surface area contributed by atoms with Crippen molar-refractivity contribution in [2.75, 3.05) is 26.2 Å². The third-order valence-corrected chi connectivity index (χ3v) is 10.2. The number of carbonyl (C=O) groups is 8. The van der Waals surface area contributed by atoms with Crippen molar-refractivity contribution in [1.29, 1.82) is 0 Å². The van der Waals surface area contributed by atoms with Gasteiger partial charge in [0, 0.05) is 74.4 Å². The van der Waals surface area contributed by atoms with Gasteiger partial charge in [0.2, 0.25) is 17.8 Å². The van der Waals surface area contributed by atoms with Crippen molar-refractivity contribution in [2.45, 2.75) is 31.8 Å². The fraction of sp³-hybridized carbons (Fsp3) is 0.256. The standard InChI is InChI=1S/C39H33N9O17/c1-20-28(32(45-29(20)16-31(45)50)36(54)63-33(51)21-2-8-25(9-3-21)46(57)58)19-44-15-14-24(18-44)41-30(49)17-40-37(42-38(55)64-34(52)22-4-10-26(11-5-22)47(59)60)43-39(56)65-35(53)23-6-12-27(13-7-23)48(61)62/h2-13,20,24,29H,14-19H2,1H3,(H,41,49)(H2,40,42,43,55,56)/t20-,24-,29-/m0/s1. The van der Waals surface area contributed by atoms with Crippen LogP contribution in [0.3, 0.4) is 0 Å². The van der Waals surface area contributed by atoms with E-state index in [0.717, 1.165) is 72.8 Å². The highest BCUT2D eigenvalue weighted by molar-refractivity contribution is 6.08. The molecule has 336 valence electrons. The number of carbonyl (C=O) groups excluding carboxylic acids is 8. The predicted molar refractivity (Wildman–Crippen MR) is 214 cm³/mol. The highest BCUT2D eigenvalue weighted by Crippen LogP contribution is 2.43. The second-order valence-electron chi connectivity index (χ2n) is 14.3. The molecule has 4 amide bonds. The molecule has 0 saturated carbocycles. The molecule has 65 heavy (non-hydrogen) atoms. The molecule has 26 nitrogen and oxygen atoms in total. The lowest BCUT2D eigenvalue weighted by molar-refractivity contribution is -0.385. The minimum absolute atomic E-state index is 0.0932. The fourth-order valence-corrected chi connectivity index (χ4v) is 6.93. The first kappa shape index (κ1) is 45.7. The van der Waals surface area contributed by atoms with Gasteiger partial charge in [-0.3, -0.25) is 55.5 Å². The van der Waals surface area contributed by atoms with E-state index in [9.17, 15) is 68.7 Å². The number of nitro benzene ring substituents is 3. The summed E-state index contributed by atoms with van der Waals surface area (Å²) in [6.45, 7) is 1.80. The van der Waals surface area contributed by atoms with Gasteiger partial charge in [-0.2, -0.15) is 0 Å². The molecule has 3 aliphatic heterocycles. The average Bonchev–Trinajstić information content (AvgIpc) is 3.80. The van der Waals surface area contributed by atoms with Crippen LogP contribution in [0.2, 0.25) is 0 Å². The average molecular weight is 900 g/mol. The summed E-state index contributed by atoms with van der Waals surface area (Å²) >= 11 is 0. The van der Waals surface area contributed by atoms with Gasteiger partial charge in [-0.25, -0.2) is 33.8 Å². The Morgan fingerprint density at radius 1 is 0.692 bits per heavy atom. The van der Waals surface area contributed by atoms with Crippen LogP contribution in [0.4, 0.5) is 26.7 Å². The van der Waals surface area contributed by atoms with Crippen LogP contribution >= 0.6 is 0 Å². The Balaban J connectivity index is 1.09. The second kappa shape index (κ2) is 19.5. The molecule has 3 aliphatic rings. The molecular weight excluding hydrogens is 866 g/mol. The molecule has 0 unspecified atom stereocenters. The molecule has 0 spiro atoms. The number of fused-ring (bicyclic) bond motifs is 1. The number of rotatable bonds is 12. The van der Waals surface area contributed by atoms with Gasteiger partial charge >= 0.3 is 36.1 Å². The molecule has 3 heterocycles.